The molecule has 4 heterocycles. The third-order valence-corrected chi connectivity index (χ3v) is 5.36. The molecule has 9 heteroatoms. The Morgan fingerprint density at radius 1 is 1.14 bits per heavy atom. The minimum absolute atomic E-state index is 0.0937. The molecule has 0 N–H and O–H groups in total. The summed E-state index contributed by atoms with van der Waals surface area (Å²) >= 11 is 0. The van der Waals surface area contributed by atoms with Crippen molar-refractivity contribution in [3.8, 4) is 0 Å². The summed E-state index contributed by atoms with van der Waals surface area (Å²) in [7, 11) is 0. The first-order valence-corrected chi connectivity index (χ1v) is 9.81. The fraction of sp³-hybridized carbons (Fsp3) is 0.450. The van der Waals surface area contributed by atoms with Gasteiger partial charge in [0.05, 0.1) is 5.69 Å². The molecule has 1 aliphatic rings. The van der Waals surface area contributed by atoms with Gasteiger partial charge < -0.3 is 14.3 Å². The van der Waals surface area contributed by atoms with Crippen LogP contribution in [0.1, 0.15) is 40.3 Å². The summed E-state index contributed by atoms with van der Waals surface area (Å²) in [4.78, 5) is 37.6. The predicted octanol–water partition coefficient (Wildman–Crippen LogP) is 1.64. The van der Waals surface area contributed by atoms with E-state index in [1.807, 2.05) is 24.9 Å². The number of carbonyl (C=O) groups is 2. The van der Waals surface area contributed by atoms with Crippen molar-refractivity contribution in [1.29, 1.82) is 0 Å². The summed E-state index contributed by atoms with van der Waals surface area (Å²) < 4.78 is 6.90. The number of amides is 2. The molecular formula is C20H24N6O3. The number of aromatic nitrogens is 4. The lowest BCUT2D eigenvalue weighted by atomic mass is 10.1. The van der Waals surface area contributed by atoms with Gasteiger partial charge in [0.1, 0.15) is 11.5 Å². The summed E-state index contributed by atoms with van der Waals surface area (Å²) in [6.45, 7) is 6.03. The van der Waals surface area contributed by atoms with Gasteiger partial charge in [-0.25, -0.2) is 9.97 Å². The highest BCUT2D eigenvalue weighted by atomic mass is 16.5. The summed E-state index contributed by atoms with van der Waals surface area (Å²) in [5.74, 6) is 1.24. The molecule has 3 aromatic rings. The Hall–Kier alpha value is -3.23. The molecule has 4 rings (SSSR count). The van der Waals surface area contributed by atoms with E-state index in [1.165, 1.54) is 0 Å². The first kappa shape index (κ1) is 19.1. The topological polar surface area (TPSA) is 96.8 Å². The standard InChI is InChI=1S/C20H24N6O3/c1-14-16(15(2)29-23-14)5-6-18(27)24-9-4-10-25(12-11-24)19(28)17-13-26-8-3-7-21-20(26)22-17/h3,7-8,13H,4-6,9-12H2,1-2H3. The molecule has 0 radical (unpaired) electrons. The van der Waals surface area contributed by atoms with Gasteiger partial charge in [-0.1, -0.05) is 5.16 Å². The van der Waals surface area contributed by atoms with Gasteiger partial charge in [-0.3, -0.25) is 14.0 Å². The van der Waals surface area contributed by atoms with Crippen molar-refractivity contribution in [3.63, 3.8) is 0 Å². The Morgan fingerprint density at radius 3 is 2.69 bits per heavy atom. The van der Waals surface area contributed by atoms with Crippen molar-refractivity contribution >= 4 is 17.6 Å². The zero-order valence-electron chi connectivity index (χ0n) is 16.7. The zero-order valence-corrected chi connectivity index (χ0v) is 16.7. The predicted molar refractivity (Wildman–Crippen MR) is 104 cm³/mol. The summed E-state index contributed by atoms with van der Waals surface area (Å²) in [6, 6.07) is 1.79. The highest BCUT2D eigenvalue weighted by Gasteiger charge is 2.24. The van der Waals surface area contributed by atoms with E-state index in [2.05, 4.69) is 15.1 Å². The van der Waals surface area contributed by atoms with Crippen LogP contribution in [0.15, 0.2) is 29.2 Å². The number of hydrogen-bond donors (Lipinski definition) is 0. The summed E-state index contributed by atoms with van der Waals surface area (Å²) in [5, 5.41) is 3.94. The normalized spacial score (nSPS) is 15.0. The van der Waals surface area contributed by atoms with Crippen molar-refractivity contribution in [2.75, 3.05) is 26.2 Å². The van der Waals surface area contributed by atoms with Crippen molar-refractivity contribution in [3.05, 3.63) is 47.4 Å². The van der Waals surface area contributed by atoms with Crippen LogP contribution in [0.2, 0.25) is 0 Å². The second kappa shape index (κ2) is 8.02. The Balaban J connectivity index is 1.36. The quantitative estimate of drug-likeness (QED) is 0.665. The van der Waals surface area contributed by atoms with Gasteiger partial charge in [0.25, 0.3) is 5.91 Å². The maximum atomic E-state index is 12.9. The van der Waals surface area contributed by atoms with E-state index < -0.39 is 0 Å². The molecule has 9 nitrogen and oxygen atoms in total. The first-order valence-electron chi connectivity index (χ1n) is 9.81. The molecule has 1 aliphatic heterocycles. The van der Waals surface area contributed by atoms with Crippen LogP contribution in [0, 0.1) is 13.8 Å². The van der Waals surface area contributed by atoms with Gasteiger partial charge in [-0.15, -0.1) is 0 Å². The largest absolute Gasteiger partial charge is 0.361 e. The van der Waals surface area contributed by atoms with Crippen molar-refractivity contribution < 1.29 is 14.1 Å². The number of hydrogen-bond acceptors (Lipinski definition) is 6. The molecule has 3 aromatic heterocycles. The molecule has 152 valence electrons. The molecule has 0 aliphatic carbocycles. The Kier molecular flexibility index (Phi) is 5.28. The summed E-state index contributed by atoms with van der Waals surface area (Å²) in [6.07, 6.45) is 6.93. The molecule has 0 atom stereocenters. The average Bonchev–Trinajstić information content (AvgIpc) is 3.19. The third-order valence-electron chi connectivity index (χ3n) is 5.36. The molecule has 1 fully saturated rings. The van der Waals surface area contributed by atoms with Crippen LogP contribution < -0.4 is 0 Å². The van der Waals surface area contributed by atoms with Crippen LogP contribution in [-0.2, 0) is 11.2 Å². The molecule has 29 heavy (non-hydrogen) atoms. The van der Waals surface area contributed by atoms with Crippen LogP contribution in [-0.4, -0.2) is 67.3 Å². The lowest BCUT2D eigenvalue weighted by Gasteiger charge is -2.21. The Morgan fingerprint density at radius 2 is 1.93 bits per heavy atom. The maximum absolute atomic E-state index is 12.9. The van der Waals surface area contributed by atoms with Crippen LogP contribution in [0.5, 0.6) is 0 Å². The second-order valence-electron chi connectivity index (χ2n) is 7.28. The van der Waals surface area contributed by atoms with E-state index in [0.29, 0.717) is 50.5 Å². The number of aryl methyl sites for hydroxylation is 2. The van der Waals surface area contributed by atoms with Crippen LogP contribution >= 0.6 is 0 Å². The van der Waals surface area contributed by atoms with E-state index in [-0.39, 0.29) is 11.8 Å². The highest BCUT2D eigenvalue weighted by molar-refractivity contribution is 5.92. The lowest BCUT2D eigenvalue weighted by Crippen LogP contribution is -2.37. The molecular weight excluding hydrogens is 372 g/mol. The first-order chi connectivity index (χ1) is 14.0. The number of fused-ring (bicyclic) bond motifs is 1. The van der Waals surface area contributed by atoms with Crippen LogP contribution in [0.25, 0.3) is 5.78 Å². The molecule has 0 aromatic carbocycles. The maximum Gasteiger partial charge on any atom is 0.274 e. The minimum atomic E-state index is -0.125. The molecule has 1 saturated heterocycles. The highest BCUT2D eigenvalue weighted by Crippen LogP contribution is 2.16. The van der Waals surface area contributed by atoms with Crippen molar-refractivity contribution in [1.82, 2.24) is 29.3 Å². The smallest absolute Gasteiger partial charge is 0.274 e. The molecule has 0 bridgehead atoms. The second-order valence-corrected chi connectivity index (χ2v) is 7.28. The lowest BCUT2D eigenvalue weighted by molar-refractivity contribution is -0.131. The van der Waals surface area contributed by atoms with E-state index >= 15 is 0 Å². The van der Waals surface area contributed by atoms with Gasteiger partial charge in [0.15, 0.2) is 0 Å². The Labute approximate surface area is 168 Å². The number of nitrogens with zero attached hydrogens (tertiary/aromatic N) is 6. The third kappa shape index (κ3) is 3.98. The van der Waals surface area contributed by atoms with Gasteiger partial charge in [0, 0.05) is 56.8 Å². The zero-order chi connectivity index (χ0) is 20.4. The number of rotatable bonds is 4. The van der Waals surface area contributed by atoms with Crippen molar-refractivity contribution in [2.24, 2.45) is 0 Å². The van der Waals surface area contributed by atoms with E-state index in [4.69, 9.17) is 4.52 Å². The van der Waals surface area contributed by atoms with E-state index in [0.717, 1.165) is 23.4 Å². The number of carbonyl (C=O) groups excluding carboxylic acids is 2. The van der Waals surface area contributed by atoms with Gasteiger partial charge in [-0.2, -0.15) is 0 Å². The Bertz CT molecular complexity index is 987. The fourth-order valence-electron chi connectivity index (χ4n) is 3.71. The molecule has 0 unspecified atom stereocenters. The van der Waals surface area contributed by atoms with Crippen LogP contribution in [0.4, 0.5) is 0 Å². The number of imidazole rings is 1. The monoisotopic (exact) mass is 396 g/mol. The van der Waals surface area contributed by atoms with Gasteiger partial charge >= 0.3 is 0 Å². The molecule has 0 saturated carbocycles. The average molecular weight is 396 g/mol. The van der Waals surface area contributed by atoms with Crippen molar-refractivity contribution in [2.45, 2.75) is 33.1 Å². The molecule has 0 spiro atoms. The fourth-order valence-corrected chi connectivity index (χ4v) is 3.71. The van der Waals surface area contributed by atoms with E-state index in [9.17, 15) is 9.59 Å². The summed E-state index contributed by atoms with van der Waals surface area (Å²) in [5.41, 5.74) is 2.22. The SMILES string of the molecule is Cc1noc(C)c1CCC(=O)N1CCCN(C(=O)c2cn3cccnc3n2)CC1. The van der Waals surface area contributed by atoms with Gasteiger partial charge in [-0.05, 0) is 32.8 Å². The minimum Gasteiger partial charge on any atom is -0.361 e. The molecule has 2 amide bonds. The van der Waals surface area contributed by atoms with Gasteiger partial charge in [0.2, 0.25) is 11.7 Å². The van der Waals surface area contributed by atoms with E-state index in [1.54, 1.807) is 27.8 Å². The van der Waals surface area contributed by atoms with Crippen LogP contribution in [0.3, 0.4) is 0 Å².